The summed E-state index contributed by atoms with van der Waals surface area (Å²) in [7, 11) is 0. The van der Waals surface area contributed by atoms with Crippen LogP contribution in [-0.2, 0) is 6.54 Å². The predicted octanol–water partition coefficient (Wildman–Crippen LogP) is 3.81. The Labute approximate surface area is 181 Å². The van der Waals surface area contributed by atoms with Crippen molar-refractivity contribution in [3.63, 3.8) is 0 Å². The number of anilines is 1. The maximum atomic E-state index is 13.3. The summed E-state index contributed by atoms with van der Waals surface area (Å²) in [4.78, 5) is 30.4. The predicted molar refractivity (Wildman–Crippen MR) is 117 cm³/mol. The van der Waals surface area contributed by atoms with Crippen molar-refractivity contribution >= 4 is 28.9 Å². The highest BCUT2D eigenvalue weighted by Crippen LogP contribution is 2.29. The molecule has 0 unspecified atom stereocenters. The minimum absolute atomic E-state index is 0.0408. The van der Waals surface area contributed by atoms with Gasteiger partial charge in [-0.2, -0.15) is 0 Å². The molecule has 0 aromatic heterocycles. The van der Waals surface area contributed by atoms with Gasteiger partial charge in [0.15, 0.2) is 0 Å². The molecule has 2 aliphatic rings. The lowest BCUT2D eigenvalue weighted by Gasteiger charge is -2.35. The van der Waals surface area contributed by atoms with Crippen LogP contribution in [0.4, 0.5) is 11.4 Å². The molecular formula is C22H25ClN4O3. The van der Waals surface area contributed by atoms with Crippen LogP contribution in [0, 0.1) is 10.1 Å². The number of nitro groups is 1. The first-order chi connectivity index (χ1) is 14.5. The molecular weight excluding hydrogens is 404 g/mol. The molecule has 4 rings (SSSR count). The third-order valence-electron chi connectivity index (χ3n) is 5.82. The largest absolute Gasteiger partial charge is 0.371 e. The molecule has 0 atom stereocenters. The van der Waals surface area contributed by atoms with E-state index in [9.17, 15) is 14.9 Å². The summed E-state index contributed by atoms with van der Waals surface area (Å²) < 4.78 is 0. The zero-order chi connectivity index (χ0) is 21.1. The first-order valence-corrected chi connectivity index (χ1v) is 10.7. The summed E-state index contributed by atoms with van der Waals surface area (Å²) in [5, 5.41) is 12.0. The lowest BCUT2D eigenvalue weighted by Crippen LogP contribution is -2.48. The third kappa shape index (κ3) is 4.57. The molecule has 0 radical (unpaired) electrons. The van der Waals surface area contributed by atoms with Gasteiger partial charge >= 0.3 is 0 Å². The molecule has 2 aromatic carbocycles. The molecule has 7 nitrogen and oxygen atoms in total. The topological polar surface area (TPSA) is 69.9 Å². The van der Waals surface area contributed by atoms with Crippen LogP contribution >= 0.6 is 11.6 Å². The van der Waals surface area contributed by atoms with E-state index in [1.54, 1.807) is 6.07 Å². The van der Waals surface area contributed by atoms with Gasteiger partial charge in [-0.15, -0.1) is 0 Å². The fourth-order valence-electron chi connectivity index (χ4n) is 4.22. The van der Waals surface area contributed by atoms with Gasteiger partial charge in [0.1, 0.15) is 0 Å². The fourth-order valence-corrected chi connectivity index (χ4v) is 4.43. The Kier molecular flexibility index (Phi) is 6.20. The summed E-state index contributed by atoms with van der Waals surface area (Å²) >= 11 is 6.08. The SMILES string of the molecule is O=C(c1cc([N+](=O)[O-])ccc1N1CCCC1)N1CCN(Cc2cccc(Cl)c2)CC1. The number of carbonyl (C=O) groups excluding carboxylic acids is 1. The maximum Gasteiger partial charge on any atom is 0.270 e. The van der Waals surface area contributed by atoms with Gasteiger partial charge in [-0.25, -0.2) is 0 Å². The highest BCUT2D eigenvalue weighted by atomic mass is 35.5. The quantitative estimate of drug-likeness (QED) is 0.535. The summed E-state index contributed by atoms with van der Waals surface area (Å²) in [6, 6.07) is 12.5. The number of hydrogen-bond donors (Lipinski definition) is 0. The number of rotatable bonds is 5. The molecule has 0 bridgehead atoms. The van der Waals surface area contributed by atoms with E-state index in [4.69, 9.17) is 11.6 Å². The van der Waals surface area contributed by atoms with Crippen molar-refractivity contribution in [2.75, 3.05) is 44.2 Å². The normalized spacial score (nSPS) is 17.4. The van der Waals surface area contributed by atoms with Gasteiger partial charge in [-0.05, 0) is 36.6 Å². The zero-order valence-electron chi connectivity index (χ0n) is 16.8. The number of hydrogen-bond acceptors (Lipinski definition) is 5. The fraction of sp³-hybridized carbons (Fsp3) is 0.409. The number of amides is 1. The van der Waals surface area contributed by atoms with E-state index in [-0.39, 0.29) is 11.6 Å². The summed E-state index contributed by atoms with van der Waals surface area (Å²) in [6.07, 6.45) is 2.15. The van der Waals surface area contributed by atoms with E-state index in [0.29, 0.717) is 18.7 Å². The van der Waals surface area contributed by atoms with Gasteiger partial charge in [0.25, 0.3) is 11.6 Å². The lowest BCUT2D eigenvalue weighted by atomic mass is 10.1. The summed E-state index contributed by atoms with van der Waals surface area (Å²) in [5.41, 5.74) is 2.36. The standard InChI is InChI=1S/C22H25ClN4O3/c23-18-5-3-4-17(14-18)16-24-10-12-26(13-11-24)22(28)20-15-19(27(29)30)6-7-21(20)25-8-1-2-9-25/h3-7,14-15H,1-2,8-13,16H2. The van der Waals surface area contributed by atoms with E-state index in [1.165, 1.54) is 12.1 Å². The average molecular weight is 429 g/mol. The monoisotopic (exact) mass is 428 g/mol. The first kappa shape index (κ1) is 20.6. The number of benzene rings is 2. The number of piperazine rings is 1. The Balaban J connectivity index is 1.47. The zero-order valence-corrected chi connectivity index (χ0v) is 17.6. The molecule has 158 valence electrons. The molecule has 2 saturated heterocycles. The van der Waals surface area contributed by atoms with Gasteiger partial charge < -0.3 is 9.80 Å². The molecule has 2 fully saturated rings. The Hall–Kier alpha value is -2.64. The second-order valence-electron chi connectivity index (χ2n) is 7.85. The van der Waals surface area contributed by atoms with Crippen LogP contribution in [0.2, 0.25) is 5.02 Å². The molecule has 0 aliphatic carbocycles. The molecule has 0 spiro atoms. The number of non-ortho nitro benzene ring substituents is 1. The van der Waals surface area contributed by atoms with Crippen molar-refractivity contribution in [1.29, 1.82) is 0 Å². The van der Waals surface area contributed by atoms with E-state index < -0.39 is 4.92 Å². The first-order valence-electron chi connectivity index (χ1n) is 10.3. The van der Waals surface area contributed by atoms with Crippen LogP contribution in [0.25, 0.3) is 0 Å². The van der Waals surface area contributed by atoms with Crippen LogP contribution in [-0.4, -0.2) is 59.9 Å². The number of halogens is 1. The number of nitrogens with zero attached hydrogens (tertiary/aromatic N) is 4. The molecule has 0 saturated carbocycles. The van der Waals surface area contributed by atoms with Crippen LogP contribution < -0.4 is 4.90 Å². The van der Waals surface area contributed by atoms with Gasteiger partial charge in [0, 0.05) is 63.0 Å². The molecule has 2 aliphatic heterocycles. The average Bonchev–Trinajstić information content (AvgIpc) is 3.28. The van der Waals surface area contributed by atoms with Crippen molar-refractivity contribution < 1.29 is 9.72 Å². The Morgan fingerprint density at radius 3 is 2.40 bits per heavy atom. The molecule has 2 heterocycles. The Bertz CT molecular complexity index is 938. The molecule has 1 amide bonds. The number of nitro benzene ring substituents is 1. The van der Waals surface area contributed by atoms with E-state index in [2.05, 4.69) is 15.9 Å². The minimum atomic E-state index is -0.437. The lowest BCUT2D eigenvalue weighted by molar-refractivity contribution is -0.384. The second kappa shape index (κ2) is 9.02. The number of carbonyl (C=O) groups is 1. The minimum Gasteiger partial charge on any atom is -0.371 e. The highest BCUT2D eigenvalue weighted by molar-refractivity contribution is 6.30. The van der Waals surface area contributed by atoms with Crippen LogP contribution in [0.3, 0.4) is 0 Å². The van der Waals surface area contributed by atoms with Crippen molar-refractivity contribution in [2.24, 2.45) is 0 Å². The third-order valence-corrected chi connectivity index (χ3v) is 6.06. The van der Waals surface area contributed by atoms with E-state index in [0.717, 1.165) is 61.8 Å². The van der Waals surface area contributed by atoms with Gasteiger partial charge in [0.05, 0.1) is 16.2 Å². The molecule has 8 heteroatoms. The van der Waals surface area contributed by atoms with Gasteiger partial charge in [0.2, 0.25) is 0 Å². The molecule has 30 heavy (non-hydrogen) atoms. The molecule has 2 aromatic rings. The van der Waals surface area contributed by atoms with Crippen molar-refractivity contribution in [3.8, 4) is 0 Å². The van der Waals surface area contributed by atoms with Crippen LogP contribution in [0.15, 0.2) is 42.5 Å². The van der Waals surface area contributed by atoms with Crippen molar-refractivity contribution in [3.05, 3.63) is 68.7 Å². The van der Waals surface area contributed by atoms with Crippen molar-refractivity contribution in [2.45, 2.75) is 19.4 Å². The van der Waals surface area contributed by atoms with Crippen LogP contribution in [0.5, 0.6) is 0 Å². The molecule has 0 N–H and O–H groups in total. The van der Waals surface area contributed by atoms with E-state index >= 15 is 0 Å². The van der Waals surface area contributed by atoms with Crippen molar-refractivity contribution in [1.82, 2.24) is 9.80 Å². The second-order valence-corrected chi connectivity index (χ2v) is 8.29. The summed E-state index contributed by atoms with van der Waals surface area (Å²) in [5.74, 6) is -0.122. The highest BCUT2D eigenvalue weighted by Gasteiger charge is 2.28. The maximum absolute atomic E-state index is 13.3. The summed E-state index contributed by atoms with van der Waals surface area (Å²) in [6.45, 7) is 5.26. The Morgan fingerprint density at radius 1 is 1.00 bits per heavy atom. The Morgan fingerprint density at radius 2 is 1.73 bits per heavy atom. The smallest absolute Gasteiger partial charge is 0.270 e. The van der Waals surface area contributed by atoms with Gasteiger partial charge in [-0.3, -0.25) is 19.8 Å². The van der Waals surface area contributed by atoms with Gasteiger partial charge in [-0.1, -0.05) is 23.7 Å². The van der Waals surface area contributed by atoms with E-state index in [1.807, 2.05) is 23.1 Å². The van der Waals surface area contributed by atoms with Crippen LogP contribution in [0.1, 0.15) is 28.8 Å².